The molecule has 0 amide bonds. The summed E-state index contributed by atoms with van der Waals surface area (Å²) in [6.07, 6.45) is 0. The van der Waals surface area contributed by atoms with E-state index < -0.39 is 0 Å². The highest BCUT2D eigenvalue weighted by Crippen LogP contribution is 2.20. The quantitative estimate of drug-likeness (QED) is 0.680. The van der Waals surface area contributed by atoms with Gasteiger partial charge in [-0.25, -0.2) is 4.39 Å². The van der Waals surface area contributed by atoms with Crippen LogP contribution in [0.5, 0.6) is 0 Å². The van der Waals surface area contributed by atoms with Crippen LogP contribution in [-0.2, 0) is 0 Å². The number of ketones is 1. The molecule has 0 saturated carbocycles. The van der Waals surface area contributed by atoms with Crippen molar-refractivity contribution in [2.24, 2.45) is 0 Å². The Morgan fingerprint density at radius 1 is 1.08 bits per heavy atom. The van der Waals surface area contributed by atoms with E-state index in [9.17, 15) is 9.18 Å². The van der Waals surface area contributed by atoms with Crippen molar-refractivity contribution in [2.75, 3.05) is 26.2 Å². The average Bonchev–Trinajstić information content (AvgIpc) is 2.64. The molecular formula is C22H29FN2O. The largest absolute Gasteiger partial charge is 0.308 e. The first-order valence-electron chi connectivity index (χ1n) is 9.26. The van der Waals surface area contributed by atoms with E-state index in [2.05, 4.69) is 55.3 Å². The number of aryl methyl sites for hydroxylation is 2. The zero-order valence-corrected chi connectivity index (χ0v) is 16.2. The van der Waals surface area contributed by atoms with Gasteiger partial charge < -0.3 is 5.32 Å². The van der Waals surface area contributed by atoms with Crippen molar-refractivity contribution in [3.8, 4) is 0 Å². The maximum atomic E-state index is 13.7. The maximum absolute atomic E-state index is 13.7. The molecule has 0 fully saturated rings. The van der Waals surface area contributed by atoms with Gasteiger partial charge in [0.2, 0.25) is 0 Å². The third-order valence-corrected chi connectivity index (χ3v) is 4.83. The third-order valence-electron chi connectivity index (χ3n) is 4.83. The van der Waals surface area contributed by atoms with Gasteiger partial charge in [0.05, 0.1) is 6.54 Å². The van der Waals surface area contributed by atoms with Crippen LogP contribution < -0.4 is 5.32 Å². The SMILES string of the molecule is CCN(CC)C(CNCC(=O)c1ccc(C)c(F)c1)c1ccc(C)cc1. The monoisotopic (exact) mass is 356 g/mol. The Morgan fingerprint density at radius 3 is 2.31 bits per heavy atom. The van der Waals surface area contributed by atoms with Gasteiger partial charge in [-0.15, -0.1) is 0 Å². The molecule has 0 aliphatic carbocycles. The lowest BCUT2D eigenvalue weighted by Crippen LogP contribution is -2.37. The molecule has 0 radical (unpaired) electrons. The predicted octanol–water partition coefficient (Wildman–Crippen LogP) is 4.30. The number of halogens is 1. The van der Waals surface area contributed by atoms with Gasteiger partial charge in [-0.05, 0) is 44.1 Å². The van der Waals surface area contributed by atoms with E-state index >= 15 is 0 Å². The average molecular weight is 356 g/mol. The molecular weight excluding hydrogens is 327 g/mol. The van der Waals surface area contributed by atoms with Crippen LogP contribution in [0.2, 0.25) is 0 Å². The van der Waals surface area contributed by atoms with E-state index in [0.717, 1.165) is 13.1 Å². The lowest BCUT2D eigenvalue weighted by molar-refractivity contribution is 0.0986. The summed E-state index contributed by atoms with van der Waals surface area (Å²) >= 11 is 0. The number of nitrogens with zero attached hydrogens (tertiary/aromatic N) is 1. The Kier molecular flexibility index (Phi) is 7.49. The van der Waals surface area contributed by atoms with Gasteiger partial charge in [0.1, 0.15) is 5.82 Å². The van der Waals surface area contributed by atoms with E-state index in [1.165, 1.54) is 17.2 Å². The molecule has 26 heavy (non-hydrogen) atoms. The molecule has 0 aliphatic rings. The van der Waals surface area contributed by atoms with Crippen molar-refractivity contribution in [3.63, 3.8) is 0 Å². The summed E-state index contributed by atoms with van der Waals surface area (Å²) in [6.45, 7) is 10.8. The van der Waals surface area contributed by atoms with Crippen LogP contribution >= 0.6 is 0 Å². The van der Waals surface area contributed by atoms with Gasteiger partial charge >= 0.3 is 0 Å². The molecule has 0 spiro atoms. The lowest BCUT2D eigenvalue weighted by Gasteiger charge is -2.30. The molecule has 1 N–H and O–H groups in total. The van der Waals surface area contributed by atoms with Crippen LogP contribution in [0.25, 0.3) is 0 Å². The molecule has 0 aliphatic heterocycles. The Labute approximate surface area is 156 Å². The lowest BCUT2D eigenvalue weighted by atomic mass is 10.0. The highest BCUT2D eigenvalue weighted by Gasteiger charge is 2.18. The van der Waals surface area contributed by atoms with Crippen LogP contribution in [0.15, 0.2) is 42.5 Å². The van der Waals surface area contributed by atoms with E-state index in [1.54, 1.807) is 19.1 Å². The molecule has 0 bridgehead atoms. The fraction of sp³-hybridized carbons (Fsp3) is 0.409. The number of benzene rings is 2. The van der Waals surface area contributed by atoms with Crippen LogP contribution in [0.4, 0.5) is 4.39 Å². The second kappa shape index (κ2) is 9.60. The van der Waals surface area contributed by atoms with Crippen molar-refractivity contribution in [2.45, 2.75) is 33.7 Å². The minimum absolute atomic E-state index is 0.0916. The van der Waals surface area contributed by atoms with E-state index in [1.807, 2.05) is 0 Å². The molecule has 140 valence electrons. The van der Waals surface area contributed by atoms with Crippen molar-refractivity contribution < 1.29 is 9.18 Å². The Bertz CT molecular complexity index is 723. The van der Waals surface area contributed by atoms with Gasteiger partial charge in [-0.3, -0.25) is 9.69 Å². The van der Waals surface area contributed by atoms with Gasteiger partial charge in [-0.2, -0.15) is 0 Å². The first-order valence-corrected chi connectivity index (χ1v) is 9.26. The summed E-state index contributed by atoms with van der Waals surface area (Å²) in [5.41, 5.74) is 3.43. The molecule has 0 saturated heterocycles. The fourth-order valence-corrected chi connectivity index (χ4v) is 3.10. The van der Waals surface area contributed by atoms with Gasteiger partial charge in [-0.1, -0.05) is 55.8 Å². The zero-order chi connectivity index (χ0) is 19.1. The number of hydrogen-bond donors (Lipinski definition) is 1. The minimum atomic E-state index is -0.337. The van der Waals surface area contributed by atoms with Crippen molar-refractivity contribution in [1.82, 2.24) is 10.2 Å². The minimum Gasteiger partial charge on any atom is -0.308 e. The highest BCUT2D eigenvalue weighted by atomic mass is 19.1. The molecule has 0 aromatic heterocycles. The van der Waals surface area contributed by atoms with Gasteiger partial charge in [0.25, 0.3) is 0 Å². The van der Waals surface area contributed by atoms with Crippen molar-refractivity contribution in [3.05, 3.63) is 70.5 Å². The second-order valence-electron chi connectivity index (χ2n) is 6.67. The Morgan fingerprint density at radius 2 is 1.73 bits per heavy atom. The number of carbonyl (C=O) groups is 1. The Hall–Kier alpha value is -2.04. The van der Waals surface area contributed by atoms with E-state index in [0.29, 0.717) is 17.7 Å². The van der Waals surface area contributed by atoms with Gasteiger partial charge in [0.15, 0.2) is 5.78 Å². The number of hydrogen-bond acceptors (Lipinski definition) is 3. The summed E-state index contributed by atoms with van der Waals surface area (Å²) in [5.74, 6) is -0.428. The molecule has 4 heteroatoms. The van der Waals surface area contributed by atoms with Crippen LogP contribution in [0, 0.1) is 19.7 Å². The Balaban J connectivity index is 2.03. The van der Waals surface area contributed by atoms with E-state index in [-0.39, 0.29) is 24.2 Å². The maximum Gasteiger partial charge on any atom is 0.176 e. The summed E-state index contributed by atoms with van der Waals surface area (Å²) in [6, 6.07) is 13.4. The number of rotatable bonds is 9. The number of likely N-dealkylation sites (N-methyl/N-ethyl adjacent to an activating group) is 1. The number of Topliss-reactive ketones (excluding diaryl/α,β-unsaturated/α-hetero) is 1. The highest BCUT2D eigenvalue weighted by molar-refractivity contribution is 5.97. The van der Waals surface area contributed by atoms with Crippen molar-refractivity contribution >= 4 is 5.78 Å². The summed E-state index contributed by atoms with van der Waals surface area (Å²) in [5, 5.41) is 3.27. The smallest absolute Gasteiger partial charge is 0.176 e. The normalized spacial score (nSPS) is 12.4. The van der Waals surface area contributed by atoms with Crippen LogP contribution in [0.3, 0.4) is 0 Å². The number of carbonyl (C=O) groups excluding carboxylic acids is 1. The molecule has 3 nitrogen and oxygen atoms in total. The first-order chi connectivity index (χ1) is 12.5. The second-order valence-corrected chi connectivity index (χ2v) is 6.67. The predicted molar refractivity (Wildman–Crippen MR) is 105 cm³/mol. The van der Waals surface area contributed by atoms with Crippen LogP contribution in [0.1, 0.15) is 46.9 Å². The molecule has 1 atom stereocenters. The fourth-order valence-electron chi connectivity index (χ4n) is 3.10. The standard InChI is InChI=1S/C22H29FN2O/c1-5-25(6-2)21(18-10-7-16(3)8-11-18)14-24-15-22(26)19-12-9-17(4)20(23)13-19/h7-13,21,24H,5-6,14-15H2,1-4H3. The molecule has 1 unspecified atom stereocenters. The molecule has 0 heterocycles. The summed E-state index contributed by atoms with van der Waals surface area (Å²) < 4.78 is 13.7. The summed E-state index contributed by atoms with van der Waals surface area (Å²) in [4.78, 5) is 14.7. The number of nitrogens with one attached hydrogen (secondary N) is 1. The van der Waals surface area contributed by atoms with Crippen LogP contribution in [-0.4, -0.2) is 36.9 Å². The molecule has 2 aromatic carbocycles. The first kappa shape index (κ1) is 20.3. The molecule has 2 rings (SSSR count). The van der Waals surface area contributed by atoms with Gasteiger partial charge in [0, 0.05) is 18.2 Å². The van der Waals surface area contributed by atoms with Crippen molar-refractivity contribution in [1.29, 1.82) is 0 Å². The summed E-state index contributed by atoms with van der Waals surface area (Å²) in [7, 11) is 0. The topological polar surface area (TPSA) is 32.3 Å². The zero-order valence-electron chi connectivity index (χ0n) is 16.2. The molecule has 2 aromatic rings. The van der Waals surface area contributed by atoms with E-state index in [4.69, 9.17) is 0 Å². The third kappa shape index (κ3) is 5.23.